The molecule has 7 heteroatoms. The zero-order chi connectivity index (χ0) is 13.2. The van der Waals surface area contributed by atoms with Crippen LogP contribution in [0.3, 0.4) is 0 Å². The second kappa shape index (κ2) is 5.66. The number of sulfonamides is 1. The third-order valence-corrected chi connectivity index (χ3v) is 5.81. The van der Waals surface area contributed by atoms with Crippen molar-refractivity contribution >= 4 is 21.4 Å². The summed E-state index contributed by atoms with van der Waals surface area (Å²) >= 11 is 1.38. The first-order chi connectivity index (χ1) is 8.53. The van der Waals surface area contributed by atoms with Crippen molar-refractivity contribution in [3.63, 3.8) is 0 Å². The molecule has 1 aliphatic rings. The SMILES string of the molecule is CN1CCC(CNS(=O)(=O)c2ccsc2CN)C1. The molecule has 102 valence electrons. The summed E-state index contributed by atoms with van der Waals surface area (Å²) in [5.74, 6) is 0.407. The molecule has 0 bridgehead atoms. The van der Waals surface area contributed by atoms with Crippen LogP contribution in [0, 0.1) is 5.92 Å². The van der Waals surface area contributed by atoms with Crippen molar-refractivity contribution in [3.8, 4) is 0 Å². The second-order valence-electron chi connectivity index (χ2n) is 4.68. The van der Waals surface area contributed by atoms with E-state index in [4.69, 9.17) is 5.73 Å². The maximum atomic E-state index is 12.1. The van der Waals surface area contributed by atoms with Gasteiger partial charge in [0.1, 0.15) is 0 Å². The molecule has 0 aromatic carbocycles. The molecule has 2 heterocycles. The molecule has 1 aliphatic heterocycles. The minimum atomic E-state index is -3.40. The first-order valence-corrected chi connectivity index (χ1v) is 8.34. The molecule has 0 aliphatic carbocycles. The van der Waals surface area contributed by atoms with E-state index >= 15 is 0 Å². The molecule has 1 aromatic rings. The molecule has 0 spiro atoms. The number of likely N-dealkylation sites (tertiary alicyclic amines) is 1. The summed E-state index contributed by atoms with van der Waals surface area (Å²) in [6, 6.07) is 1.62. The van der Waals surface area contributed by atoms with E-state index in [0.29, 0.717) is 22.2 Å². The van der Waals surface area contributed by atoms with E-state index in [1.54, 1.807) is 11.4 Å². The molecule has 0 radical (unpaired) electrons. The standard InChI is InChI=1S/C11H19N3O2S2/c1-14-4-2-9(8-14)7-13-18(15,16)11-3-5-17-10(11)6-12/h3,5,9,13H,2,4,6-8,12H2,1H3. The summed E-state index contributed by atoms with van der Waals surface area (Å²) in [6.45, 7) is 2.77. The maximum absolute atomic E-state index is 12.1. The summed E-state index contributed by atoms with van der Waals surface area (Å²) in [5.41, 5.74) is 5.54. The van der Waals surface area contributed by atoms with Crippen LogP contribution in [-0.4, -0.2) is 40.0 Å². The first-order valence-electron chi connectivity index (χ1n) is 5.97. The number of hydrogen-bond acceptors (Lipinski definition) is 5. The van der Waals surface area contributed by atoms with Crippen molar-refractivity contribution in [3.05, 3.63) is 16.3 Å². The Morgan fingerprint density at radius 1 is 1.61 bits per heavy atom. The van der Waals surface area contributed by atoms with Crippen LogP contribution >= 0.6 is 11.3 Å². The lowest BCUT2D eigenvalue weighted by Gasteiger charge is -2.12. The van der Waals surface area contributed by atoms with E-state index in [1.165, 1.54) is 11.3 Å². The van der Waals surface area contributed by atoms with Crippen molar-refractivity contribution in [2.45, 2.75) is 17.9 Å². The highest BCUT2D eigenvalue weighted by Crippen LogP contribution is 2.21. The van der Waals surface area contributed by atoms with Gasteiger partial charge < -0.3 is 10.6 Å². The van der Waals surface area contributed by atoms with Gasteiger partial charge >= 0.3 is 0 Å². The van der Waals surface area contributed by atoms with Gasteiger partial charge in [-0.2, -0.15) is 0 Å². The molecule has 2 rings (SSSR count). The fourth-order valence-corrected chi connectivity index (χ4v) is 4.66. The summed E-state index contributed by atoms with van der Waals surface area (Å²) < 4.78 is 27.0. The molecule has 0 saturated carbocycles. The van der Waals surface area contributed by atoms with Gasteiger partial charge in [-0.05, 0) is 37.4 Å². The molecular formula is C11H19N3O2S2. The van der Waals surface area contributed by atoms with Crippen molar-refractivity contribution in [1.82, 2.24) is 9.62 Å². The smallest absolute Gasteiger partial charge is 0.241 e. The topological polar surface area (TPSA) is 75.4 Å². The molecular weight excluding hydrogens is 270 g/mol. The molecule has 1 saturated heterocycles. The maximum Gasteiger partial charge on any atom is 0.241 e. The number of nitrogens with two attached hydrogens (primary N) is 1. The highest BCUT2D eigenvalue weighted by atomic mass is 32.2. The molecule has 5 nitrogen and oxygen atoms in total. The Morgan fingerprint density at radius 3 is 3.00 bits per heavy atom. The minimum Gasteiger partial charge on any atom is -0.326 e. The van der Waals surface area contributed by atoms with Gasteiger partial charge in [-0.3, -0.25) is 0 Å². The number of rotatable bonds is 5. The molecule has 3 N–H and O–H groups in total. The molecule has 1 aromatic heterocycles. The second-order valence-corrected chi connectivity index (χ2v) is 7.42. The van der Waals surface area contributed by atoms with Gasteiger partial charge in [0.2, 0.25) is 10.0 Å². The van der Waals surface area contributed by atoms with Gasteiger partial charge in [0.05, 0.1) is 4.90 Å². The highest BCUT2D eigenvalue weighted by molar-refractivity contribution is 7.89. The highest BCUT2D eigenvalue weighted by Gasteiger charge is 2.23. The van der Waals surface area contributed by atoms with Gasteiger partial charge in [0.25, 0.3) is 0 Å². The third-order valence-electron chi connectivity index (χ3n) is 3.23. The predicted molar refractivity (Wildman–Crippen MR) is 73.0 cm³/mol. The van der Waals surface area contributed by atoms with E-state index in [9.17, 15) is 8.42 Å². The van der Waals surface area contributed by atoms with Crippen molar-refractivity contribution < 1.29 is 8.42 Å². The Bertz CT molecular complexity index is 498. The minimum absolute atomic E-state index is 0.264. The monoisotopic (exact) mass is 289 g/mol. The molecule has 1 atom stereocenters. The Balaban J connectivity index is 1.99. The third kappa shape index (κ3) is 3.10. The molecule has 1 unspecified atom stereocenters. The van der Waals surface area contributed by atoms with E-state index in [2.05, 4.69) is 16.7 Å². The normalized spacial score (nSPS) is 21.6. The number of nitrogens with zero attached hydrogens (tertiary/aromatic N) is 1. The fourth-order valence-electron chi connectivity index (χ4n) is 2.22. The van der Waals surface area contributed by atoms with Crippen LogP contribution in [-0.2, 0) is 16.6 Å². The zero-order valence-electron chi connectivity index (χ0n) is 10.4. The van der Waals surface area contributed by atoms with Crippen LogP contribution in [0.1, 0.15) is 11.3 Å². The average Bonchev–Trinajstić information content (AvgIpc) is 2.95. The summed E-state index contributed by atoms with van der Waals surface area (Å²) in [6.07, 6.45) is 1.05. The number of hydrogen-bond donors (Lipinski definition) is 2. The van der Waals surface area contributed by atoms with Gasteiger partial charge in [-0.15, -0.1) is 11.3 Å². The lowest BCUT2D eigenvalue weighted by atomic mass is 10.1. The molecule has 1 fully saturated rings. The summed E-state index contributed by atoms with van der Waals surface area (Å²) in [4.78, 5) is 3.27. The van der Waals surface area contributed by atoms with E-state index in [-0.39, 0.29) is 6.54 Å². The first kappa shape index (κ1) is 14.0. The van der Waals surface area contributed by atoms with Crippen LogP contribution < -0.4 is 10.5 Å². The molecule has 18 heavy (non-hydrogen) atoms. The van der Waals surface area contributed by atoms with Gasteiger partial charge in [0.15, 0.2) is 0 Å². The fraction of sp³-hybridized carbons (Fsp3) is 0.636. The van der Waals surface area contributed by atoms with Gasteiger partial charge in [-0.25, -0.2) is 13.1 Å². The Hall–Kier alpha value is -0.470. The lowest BCUT2D eigenvalue weighted by Crippen LogP contribution is -2.31. The van der Waals surface area contributed by atoms with Crippen LogP contribution in [0.4, 0.5) is 0 Å². The summed E-state index contributed by atoms with van der Waals surface area (Å²) in [7, 11) is -1.35. The van der Waals surface area contributed by atoms with Crippen molar-refractivity contribution in [2.24, 2.45) is 11.7 Å². The lowest BCUT2D eigenvalue weighted by molar-refractivity contribution is 0.394. The predicted octanol–water partition coefficient (Wildman–Crippen LogP) is 0.437. The van der Waals surface area contributed by atoms with Crippen LogP contribution in [0.25, 0.3) is 0 Å². The van der Waals surface area contributed by atoms with Crippen molar-refractivity contribution in [2.75, 3.05) is 26.7 Å². The van der Waals surface area contributed by atoms with Gasteiger partial charge in [0, 0.05) is 24.5 Å². The Labute approximate surface area is 112 Å². The van der Waals surface area contributed by atoms with Gasteiger partial charge in [-0.1, -0.05) is 0 Å². The number of nitrogens with one attached hydrogen (secondary N) is 1. The average molecular weight is 289 g/mol. The summed E-state index contributed by atoms with van der Waals surface area (Å²) in [5, 5.41) is 1.76. The zero-order valence-corrected chi connectivity index (χ0v) is 12.1. The van der Waals surface area contributed by atoms with Crippen LogP contribution in [0.15, 0.2) is 16.3 Å². The van der Waals surface area contributed by atoms with E-state index < -0.39 is 10.0 Å². The van der Waals surface area contributed by atoms with E-state index in [0.717, 1.165) is 19.5 Å². The quantitative estimate of drug-likeness (QED) is 0.824. The van der Waals surface area contributed by atoms with Crippen molar-refractivity contribution in [1.29, 1.82) is 0 Å². The van der Waals surface area contributed by atoms with E-state index in [1.807, 2.05) is 0 Å². The molecule has 0 amide bonds. The number of thiophene rings is 1. The Morgan fingerprint density at radius 2 is 2.39 bits per heavy atom. The van der Waals surface area contributed by atoms with Crippen LogP contribution in [0.5, 0.6) is 0 Å². The Kier molecular flexibility index (Phi) is 4.39. The largest absolute Gasteiger partial charge is 0.326 e. The van der Waals surface area contributed by atoms with Crippen LogP contribution in [0.2, 0.25) is 0 Å².